The van der Waals surface area contributed by atoms with Gasteiger partial charge in [-0.05, 0) is 93.2 Å². The molecule has 19 nitrogen and oxygen atoms in total. The summed E-state index contributed by atoms with van der Waals surface area (Å²) in [6.07, 6.45) is 10.3. The predicted molar refractivity (Wildman–Crippen MR) is 244 cm³/mol. The van der Waals surface area contributed by atoms with E-state index in [1.165, 1.54) is 13.2 Å². The Hall–Kier alpha value is -6.91. The Bertz CT molecular complexity index is 2740. The van der Waals surface area contributed by atoms with E-state index in [0.717, 1.165) is 78.0 Å². The van der Waals surface area contributed by atoms with Crippen LogP contribution in [-0.4, -0.2) is 131 Å². The number of halogens is 2. The van der Waals surface area contributed by atoms with E-state index in [-0.39, 0.29) is 48.3 Å². The van der Waals surface area contributed by atoms with Crippen LogP contribution in [0.4, 0.5) is 26.0 Å². The average Bonchev–Trinajstić information content (AvgIpc) is 3.75. The fourth-order valence-electron chi connectivity index (χ4n) is 8.36. The summed E-state index contributed by atoms with van der Waals surface area (Å²) < 4.78 is 58.9. The Balaban J connectivity index is 0.00000216. The quantitative estimate of drug-likeness (QED) is 0.0523. The van der Waals surface area contributed by atoms with Crippen LogP contribution in [0, 0.1) is 11.6 Å². The van der Waals surface area contributed by atoms with Crippen molar-refractivity contribution in [2.24, 2.45) is 0 Å². The maximum Gasteiger partial charge on any atom is 0.301 e. The van der Waals surface area contributed by atoms with Gasteiger partial charge in [-0.15, -0.1) is 0 Å². The Morgan fingerprint density at radius 2 is 1.70 bits per heavy atom. The van der Waals surface area contributed by atoms with Gasteiger partial charge in [0.15, 0.2) is 5.82 Å². The van der Waals surface area contributed by atoms with Gasteiger partial charge in [-0.1, -0.05) is 6.92 Å². The number of carbonyl (C=O) groups is 5. The number of likely N-dealkylation sites (tertiary alicyclic amines) is 1. The molecular formula is C45H51F2N11O8S. The van der Waals surface area contributed by atoms with Crippen LogP contribution in [0.15, 0.2) is 67.3 Å². The second-order valence-electron chi connectivity index (χ2n) is 16.5. The lowest BCUT2D eigenvalue weighted by Crippen LogP contribution is -2.48. The van der Waals surface area contributed by atoms with Crippen LogP contribution in [0.1, 0.15) is 73.0 Å². The summed E-state index contributed by atoms with van der Waals surface area (Å²) in [6, 6.07) is 10.6. The maximum atomic E-state index is 15.7. The number of imide groups is 1. The van der Waals surface area contributed by atoms with Crippen LogP contribution in [0.3, 0.4) is 0 Å². The highest BCUT2D eigenvalue weighted by molar-refractivity contribution is 7.90. The molecule has 1 aromatic carbocycles. The number of aromatic nitrogens is 4. The standard InChI is InChI=1S/C44H49F2N11O6S.CH2O2/c1-3-55(2)64(62,63)54-35-7-5-33(45)40(41(35)46)42(60)32-24-50-43-31(32)20-28(22-49-43)27-10-15-47-37(21-27)57-18-13-29(14-19-57)52-39(59)25-56-16-11-26(12-17-56)34-6-4-30(23-48-34)51-36-8-9-38(58)53-44(36)61;2-1-3/h4-7,10,15,20-24,26,29,36,51,54H,3,8-9,11-14,16-19,25H2,1-2H3,(H,49,50)(H,52,59)(H,53,58,61);1H,(H,2,3). The number of nitrogens with zero attached hydrogens (tertiary/aromatic N) is 6. The minimum absolute atomic E-state index is 0.00729. The van der Waals surface area contributed by atoms with Gasteiger partial charge in [-0.3, -0.25) is 43.9 Å². The molecule has 1 unspecified atom stereocenters. The summed E-state index contributed by atoms with van der Waals surface area (Å²) in [6.45, 7) is 4.64. The number of ketones is 1. The van der Waals surface area contributed by atoms with Crippen LogP contribution in [-0.2, 0) is 29.4 Å². The van der Waals surface area contributed by atoms with Gasteiger partial charge in [-0.25, -0.2) is 18.7 Å². The number of nitrogens with one attached hydrogen (secondary N) is 5. The normalized spacial score (nSPS) is 17.4. The lowest BCUT2D eigenvalue weighted by Gasteiger charge is -2.34. The largest absolute Gasteiger partial charge is 0.483 e. The number of benzene rings is 1. The van der Waals surface area contributed by atoms with Crippen molar-refractivity contribution in [2.45, 2.75) is 63.5 Å². The fourth-order valence-corrected chi connectivity index (χ4v) is 9.29. The monoisotopic (exact) mass is 943 g/mol. The molecule has 0 bridgehead atoms. The summed E-state index contributed by atoms with van der Waals surface area (Å²) in [5, 5.41) is 15.9. The van der Waals surface area contributed by atoms with Gasteiger partial charge < -0.3 is 25.6 Å². The molecule has 0 saturated carbocycles. The highest BCUT2D eigenvalue weighted by Gasteiger charge is 2.30. The summed E-state index contributed by atoms with van der Waals surface area (Å²) in [5.74, 6) is -3.06. The van der Waals surface area contributed by atoms with Crippen molar-refractivity contribution < 1.29 is 46.3 Å². The van der Waals surface area contributed by atoms with Crippen molar-refractivity contribution in [1.29, 1.82) is 0 Å². The van der Waals surface area contributed by atoms with E-state index in [9.17, 15) is 27.6 Å². The molecule has 4 aromatic heterocycles. The molecule has 3 saturated heterocycles. The molecule has 354 valence electrons. The lowest BCUT2D eigenvalue weighted by atomic mass is 9.93. The highest BCUT2D eigenvalue weighted by Crippen LogP contribution is 2.32. The highest BCUT2D eigenvalue weighted by atomic mass is 32.2. The van der Waals surface area contributed by atoms with Gasteiger partial charge in [0.05, 0.1) is 29.7 Å². The molecule has 8 rings (SSSR count). The zero-order valence-corrected chi connectivity index (χ0v) is 37.6. The molecule has 0 radical (unpaired) electrons. The topological polar surface area (TPSA) is 252 Å². The molecule has 3 aliphatic heterocycles. The van der Waals surface area contributed by atoms with Crippen molar-refractivity contribution in [2.75, 3.05) is 61.3 Å². The number of rotatable bonds is 14. The molecule has 5 aromatic rings. The Morgan fingerprint density at radius 1 is 0.955 bits per heavy atom. The number of piperidine rings is 3. The maximum absolute atomic E-state index is 15.7. The first-order valence-corrected chi connectivity index (χ1v) is 23.2. The Morgan fingerprint density at radius 3 is 2.39 bits per heavy atom. The number of aromatic amines is 1. The molecule has 3 aliphatic rings. The number of carboxylic acid groups (broad SMARTS) is 1. The molecule has 0 spiro atoms. The van der Waals surface area contributed by atoms with E-state index in [2.05, 4.69) is 50.4 Å². The molecule has 3 fully saturated rings. The first kappa shape index (κ1) is 48.0. The van der Waals surface area contributed by atoms with Gasteiger partial charge in [0, 0.05) is 85.9 Å². The van der Waals surface area contributed by atoms with Gasteiger partial charge >= 0.3 is 10.2 Å². The summed E-state index contributed by atoms with van der Waals surface area (Å²) in [5.41, 5.74) is 1.90. The minimum atomic E-state index is -4.15. The number of pyridine rings is 3. The number of H-pyrrole nitrogens is 1. The molecule has 0 aliphatic carbocycles. The lowest BCUT2D eigenvalue weighted by molar-refractivity contribution is -0.133. The van der Waals surface area contributed by atoms with Crippen molar-refractivity contribution in [3.8, 4) is 11.1 Å². The third-order valence-corrected chi connectivity index (χ3v) is 13.7. The van der Waals surface area contributed by atoms with Gasteiger partial charge in [0.25, 0.3) is 6.47 Å². The van der Waals surface area contributed by atoms with Crippen molar-refractivity contribution in [1.82, 2.24) is 39.8 Å². The Kier molecular flexibility index (Phi) is 15.2. The van der Waals surface area contributed by atoms with Crippen LogP contribution in [0.25, 0.3) is 22.2 Å². The number of hydrogen-bond donors (Lipinski definition) is 6. The van der Waals surface area contributed by atoms with Gasteiger partial charge in [0.1, 0.15) is 23.3 Å². The summed E-state index contributed by atoms with van der Waals surface area (Å²) in [4.78, 5) is 79.7. The third kappa shape index (κ3) is 11.4. The minimum Gasteiger partial charge on any atom is -0.483 e. The summed E-state index contributed by atoms with van der Waals surface area (Å²) in [7, 11) is -2.85. The molecule has 6 N–H and O–H groups in total. The number of fused-ring (bicyclic) bond motifs is 1. The molecule has 7 heterocycles. The van der Waals surface area contributed by atoms with Crippen LogP contribution < -0.4 is 25.6 Å². The molecule has 3 amide bonds. The van der Waals surface area contributed by atoms with Gasteiger partial charge in [-0.2, -0.15) is 12.7 Å². The van der Waals surface area contributed by atoms with E-state index >= 15 is 8.78 Å². The zero-order valence-electron chi connectivity index (χ0n) is 36.8. The first-order valence-electron chi connectivity index (χ1n) is 21.8. The average molecular weight is 944 g/mol. The van der Waals surface area contributed by atoms with Crippen molar-refractivity contribution in [3.63, 3.8) is 0 Å². The summed E-state index contributed by atoms with van der Waals surface area (Å²) >= 11 is 0. The number of carbonyl (C=O) groups excluding carboxylic acids is 4. The van der Waals surface area contributed by atoms with Crippen LogP contribution in [0.5, 0.6) is 0 Å². The second kappa shape index (κ2) is 21.2. The molecule has 1 atom stereocenters. The third-order valence-electron chi connectivity index (χ3n) is 12.2. The number of anilines is 3. The second-order valence-corrected chi connectivity index (χ2v) is 18.2. The SMILES string of the molecule is CCN(C)S(=O)(=O)Nc1ccc(F)c(C(=O)c2c[nH]c3ncc(-c4ccnc(N5CCC(NC(=O)CN6CCC(c7ccc(NC8CCC(=O)NC8=O)cn7)CC6)CC5)c4)cc23)c1F.O=CO. The molecule has 22 heteroatoms. The van der Waals surface area contributed by atoms with E-state index in [1.807, 2.05) is 18.2 Å². The van der Waals surface area contributed by atoms with Crippen LogP contribution >= 0.6 is 0 Å². The van der Waals surface area contributed by atoms with Crippen LogP contribution in [0.2, 0.25) is 0 Å². The van der Waals surface area contributed by atoms with E-state index in [4.69, 9.17) is 9.90 Å². The van der Waals surface area contributed by atoms with Crippen molar-refractivity contribution >= 4 is 68.4 Å². The smallest absolute Gasteiger partial charge is 0.301 e. The molecular weight excluding hydrogens is 893 g/mol. The van der Waals surface area contributed by atoms with Gasteiger partial charge in [0.2, 0.25) is 23.5 Å². The number of hydrogen-bond acceptors (Lipinski definition) is 13. The predicted octanol–water partition coefficient (Wildman–Crippen LogP) is 4.02. The van der Waals surface area contributed by atoms with E-state index < -0.39 is 44.9 Å². The van der Waals surface area contributed by atoms with Crippen molar-refractivity contribution in [3.05, 3.63) is 95.7 Å². The zero-order chi connectivity index (χ0) is 47.8. The molecule has 67 heavy (non-hydrogen) atoms. The fraction of sp³-hybridized carbons (Fsp3) is 0.378. The van der Waals surface area contributed by atoms with E-state index in [0.29, 0.717) is 49.1 Å². The van der Waals surface area contributed by atoms with E-state index in [1.54, 1.807) is 37.6 Å². The first-order chi connectivity index (χ1) is 32.2. The Labute approximate surface area is 384 Å². The number of amides is 3.